The summed E-state index contributed by atoms with van der Waals surface area (Å²) in [7, 11) is 0. The zero-order chi connectivity index (χ0) is 9.84. The summed E-state index contributed by atoms with van der Waals surface area (Å²) in [5.41, 5.74) is 2.01. The summed E-state index contributed by atoms with van der Waals surface area (Å²) in [5, 5.41) is 2.82. The number of allylic oxidation sites excluding steroid dienone is 5. The summed E-state index contributed by atoms with van der Waals surface area (Å²) in [6.45, 7) is 5.60. The second-order valence-corrected chi connectivity index (χ2v) is 3.36. The van der Waals surface area contributed by atoms with Crippen molar-refractivity contribution in [3.05, 3.63) is 35.6 Å². The highest BCUT2D eigenvalue weighted by molar-refractivity contribution is 5.76. The van der Waals surface area contributed by atoms with Gasteiger partial charge in [-0.1, -0.05) is 31.2 Å². The van der Waals surface area contributed by atoms with Crippen molar-refractivity contribution in [3.8, 4) is 0 Å². The number of amides is 1. The van der Waals surface area contributed by atoms with Crippen LogP contribution in [0.1, 0.15) is 20.8 Å². The van der Waals surface area contributed by atoms with Gasteiger partial charge in [-0.25, -0.2) is 0 Å². The minimum Gasteiger partial charge on any atom is -0.326 e. The predicted molar refractivity (Wildman–Crippen MR) is 54.0 cm³/mol. The highest BCUT2D eigenvalue weighted by Crippen LogP contribution is 2.14. The molecule has 70 valence electrons. The summed E-state index contributed by atoms with van der Waals surface area (Å²) in [6.07, 6.45) is 8.17. The third-order valence-corrected chi connectivity index (χ3v) is 1.93. The molecule has 0 fully saturated rings. The molecule has 2 heteroatoms. The third kappa shape index (κ3) is 2.90. The molecule has 1 N–H and O–H groups in total. The maximum absolute atomic E-state index is 10.9. The van der Waals surface area contributed by atoms with Gasteiger partial charge < -0.3 is 5.32 Å². The average Bonchev–Trinajstić information content (AvgIpc) is 2.14. The van der Waals surface area contributed by atoms with Crippen LogP contribution >= 0.6 is 0 Å². The van der Waals surface area contributed by atoms with E-state index >= 15 is 0 Å². The summed E-state index contributed by atoms with van der Waals surface area (Å²) in [4.78, 5) is 10.9. The zero-order valence-corrected chi connectivity index (χ0v) is 8.29. The highest BCUT2D eigenvalue weighted by Gasteiger charge is 2.05. The number of hydrogen-bond donors (Lipinski definition) is 1. The van der Waals surface area contributed by atoms with Gasteiger partial charge in [0, 0.05) is 12.6 Å². The molecule has 13 heavy (non-hydrogen) atoms. The number of hydrogen-bond acceptors (Lipinski definition) is 1. The van der Waals surface area contributed by atoms with Crippen LogP contribution in [-0.2, 0) is 4.79 Å². The largest absolute Gasteiger partial charge is 0.326 e. The van der Waals surface area contributed by atoms with Crippen molar-refractivity contribution >= 4 is 5.91 Å². The second-order valence-electron chi connectivity index (χ2n) is 3.36. The van der Waals surface area contributed by atoms with Gasteiger partial charge in [-0.3, -0.25) is 4.79 Å². The minimum absolute atomic E-state index is 0.0203. The Hall–Kier alpha value is -1.31. The molecule has 0 aromatic heterocycles. The molecule has 0 aromatic carbocycles. The normalized spacial score (nSPS) is 21.6. The van der Waals surface area contributed by atoms with Gasteiger partial charge in [0.05, 0.1) is 0 Å². The van der Waals surface area contributed by atoms with Crippen molar-refractivity contribution in [1.82, 2.24) is 5.32 Å². The molecule has 1 aliphatic carbocycles. The molecule has 0 saturated carbocycles. The van der Waals surface area contributed by atoms with Crippen LogP contribution in [-0.4, -0.2) is 5.91 Å². The van der Waals surface area contributed by atoms with Gasteiger partial charge in [0.1, 0.15) is 0 Å². The Labute approximate surface area is 79.0 Å². The van der Waals surface area contributed by atoms with E-state index in [1.807, 2.05) is 19.1 Å². The Balaban J connectivity index is 2.86. The molecular weight excluding hydrogens is 162 g/mol. The fraction of sp³-hybridized carbons (Fsp3) is 0.364. The third-order valence-electron chi connectivity index (χ3n) is 1.93. The van der Waals surface area contributed by atoms with Gasteiger partial charge in [0.25, 0.3) is 0 Å². The van der Waals surface area contributed by atoms with Crippen molar-refractivity contribution in [2.75, 3.05) is 0 Å². The zero-order valence-electron chi connectivity index (χ0n) is 8.29. The molecule has 2 nitrogen and oxygen atoms in total. The molecule has 1 rings (SSSR count). The van der Waals surface area contributed by atoms with Crippen molar-refractivity contribution in [2.45, 2.75) is 20.8 Å². The van der Waals surface area contributed by atoms with Crippen LogP contribution in [0.5, 0.6) is 0 Å². The second kappa shape index (κ2) is 4.08. The number of rotatable bonds is 1. The Morgan fingerprint density at radius 1 is 1.54 bits per heavy atom. The number of carbonyl (C=O) groups is 1. The van der Waals surface area contributed by atoms with Crippen LogP contribution in [0, 0.1) is 5.92 Å². The lowest BCUT2D eigenvalue weighted by Gasteiger charge is -2.08. The quantitative estimate of drug-likeness (QED) is 0.653. The van der Waals surface area contributed by atoms with Gasteiger partial charge in [-0.2, -0.15) is 0 Å². The minimum atomic E-state index is -0.0203. The summed E-state index contributed by atoms with van der Waals surface area (Å²) in [5.74, 6) is 0.351. The van der Waals surface area contributed by atoms with E-state index in [4.69, 9.17) is 0 Å². The first-order valence-electron chi connectivity index (χ1n) is 4.44. The molecule has 0 aliphatic heterocycles. The molecule has 1 atom stereocenters. The molecule has 1 amide bonds. The topological polar surface area (TPSA) is 29.1 Å². The van der Waals surface area contributed by atoms with Crippen LogP contribution in [0.25, 0.3) is 0 Å². The van der Waals surface area contributed by atoms with Crippen molar-refractivity contribution in [3.63, 3.8) is 0 Å². The predicted octanol–water partition coefficient (Wildman–Crippen LogP) is 2.16. The Morgan fingerprint density at radius 2 is 2.23 bits per heavy atom. The van der Waals surface area contributed by atoms with Gasteiger partial charge in [-0.15, -0.1) is 0 Å². The van der Waals surface area contributed by atoms with Crippen LogP contribution < -0.4 is 5.32 Å². The van der Waals surface area contributed by atoms with E-state index in [1.54, 1.807) is 0 Å². The summed E-state index contributed by atoms with van der Waals surface area (Å²) < 4.78 is 0. The van der Waals surface area contributed by atoms with E-state index < -0.39 is 0 Å². The van der Waals surface area contributed by atoms with E-state index in [2.05, 4.69) is 24.4 Å². The fourth-order valence-electron chi connectivity index (χ4n) is 1.24. The Kier molecular flexibility index (Phi) is 3.07. The molecule has 1 unspecified atom stereocenters. The molecular formula is C11H15NO. The lowest BCUT2D eigenvalue weighted by atomic mass is 10.1. The van der Waals surface area contributed by atoms with Gasteiger partial charge in [0.2, 0.25) is 5.91 Å². The van der Waals surface area contributed by atoms with Crippen LogP contribution in [0.3, 0.4) is 0 Å². The standard InChI is InChI=1S/C11H15NO/c1-8-5-4-6-9(2)11(7-8)12-10(3)13/h4-8H,1-3H3,(H,12,13). The molecule has 0 bridgehead atoms. The Morgan fingerprint density at radius 3 is 2.85 bits per heavy atom. The summed E-state index contributed by atoms with van der Waals surface area (Å²) >= 11 is 0. The molecule has 0 saturated heterocycles. The van der Waals surface area contributed by atoms with Crippen LogP contribution in [0.15, 0.2) is 35.6 Å². The average molecular weight is 177 g/mol. The molecule has 0 aromatic rings. The van der Waals surface area contributed by atoms with Gasteiger partial charge >= 0.3 is 0 Å². The molecule has 1 aliphatic rings. The van der Waals surface area contributed by atoms with Crippen molar-refractivity contribution in [2.24, 2.45) is 5.92 Å². The van der Waals surface area contributed by atoms with Crippen LogP contribution in [0.4, 0.5) is 0 Å². The first-order chi connectivity index (χ1) is 6.09. The van der Waals surface area contributed by atoms with E-state index in [9.17, 15) is 4.79 Å². The first kappa shape index (κ1) is 9.78. The lowest BCUT2D eigenvalue weighted by molar-refractivity contribution is -0.118. The van der Waals surface area contributed by atoms with E-state index in [-0.39, 0.29) is 5.91 Å². The van der Waals surface area contributed by atoms with E-state index in [0.717, 1.165) is 11.3 Å². The van der Waals surface area contributed by atoms with Crippen LogP contribution in [0.2, 0.25) is 0 Å². The monoisotopic (exact) mass is 177 g/mol. The molecule has 0 heterocycles. The van der Waals surface area contributed by atoms with Crippen molar-refractivity contribution < 1.29 is 4.79 Å². The van der Waals surface area contributed by atoms with Gasteiger partial charge in [0.15, 0.2) is 0 Å². The Bertz CT molecular complexity index is 297. The first-order valence-corrected chi connectivity index (χ1v) is 4.44. The summed E-state index contributed by atoms with van der Waals surface area (Å²) in [6, 6.07) is 0. The lowest BCUT2D eigenvalue weighted by Crippen LogP contribution is -2.20. The SMILES string of the molecule is CC(=O)NC1=CC(C)C=CC=C1C. The fourth-order valence-corrected chi connectivity index (χ4v) is 1.24. The smallest absolute Gasteiger partial charge is 0.221 e. The van der Waals surface area contributed by atoms with E-state index in [0.29, 0.717) is 5.92 Å². The number of nitrogens with one attached hydrogen (secondary N) is 1. The van der Waals surface area contributed by atoms with E-state index in [1.165, 1.54) is 6.92 Å². The molecule has 0 radical (unpaired) electrons. The maximum Gasteiger partial charge on any atom is 0.221 e. The molecule has 0 spiro atoms. The number of carbonyl (C=O) groups excluding carboxylic acids is 1. The highest BCUT2D eigenvalue weighted by atomic mass is 16.1. The van der Waals surface area contributed by atoms with Gasteiger partial charge in [-0.05, 0) is 18.4 Å². The maximum atomic E-state index is 10.9. The van der Waals surface area contributed by atoms with Crippen molar-refractivity contribution in [1.29, 1.82) is 0 Å².